The number of likely N-dealkylation sites (tertiary alicyclic amines) is 1. The number of nitrogens with one attached hydrogen (secondary N) is 2. The highest BCUT2D eigenvalue weighted by molar-refractivity contribution is 14.0. The summed E-state index contributed by atoms with van der Waals surface area (Å²) in [5.41, 5.74) is -0.0778. The standard InChI is InChI=1S/C17H32N4O2.HI/c1-4-14(21-11-5-7-15(21)22)8-10-19-16(18-3)20-13-17(2)9-6-12-23-17;/h14H,4-13H2,1-3H3,(H2,18,19,20);1H. The van der Waals surface area contributed by atoms with Crippen molar-refractivity contribution in [2.75, 3.05) is 33.3 Å². The molecule has 2 heterocycles. The van der Waals surface area contributed by atoms with Crippen molar-refractivity contribution in [1.29, 1.82) is 0 Å². The lowest BCUT2D eigenvalue weighted by atomic mass is 10.0. The number of halogens is 1. The van der Waals surface area contributed by atoms with Gasteiger partial charge in [-0.25, -0.2) is 0 Å². The van der Waals surface area contributed by atoms with E-state index in [2.05, 4.69) is 29.5 Å². The summed E-state index contributed by atoms with van der Waals surface area (Å²) in [6.45, 7) is 7.66. The fraction of sp³-hybridized carbons (Fsp3) is 0.882. The van der Waals surface area contributed by atoms with Crippen molar-refractivity contribution in [1.82, 2.24) is 15.5 Å². The molecule has 2 N–H and O–H groups in total. The maximum absolute atomic E-state index is 11.9. The van der Waals surface area contributed by atoms with Crippen LogP contribution in [0.2, 0.25) is 0 Å². The minimum atomic E-state index is -0.0778. The van der Waals surface area contributed by atoms with E-state index in [4.69, 9.17) is 4.74 Å². The topological polar surface area (TPSA) is 66.0 Å². The van der Waals surface area contributed by atoms with Crippen LogP contribution in [0.1, 0.15) is 52.4 Å². The van der Waals surface area contributed by atoms with Gasteiger partial charge in [-0.2, -0.15) is 0 Å². The van der Waals surface area contributed by atoms with Crippen LogP contribution in [0.3, 0.4) is 0 Å². The highest BCUT2D eigenvalue weighted by Gasteiger charge is 2.30. The Morgan fingerprint density at radius 1 is 1.42 bits per heavy atom. The Hall–Kier alpha value is -0.570. The normalized spacial score (nSPS) is 25.5. The third-order valence-corrected chi connectivity index (χ3v) is 4.95. The Kier molecular flexibility index (Phi) is 9.33. The van der Waals surface area contributed by atoms with Crippen LogP contribution in [-0.2, 0) is 9.53 Å². The summed E-state index contributed by atoms with van der Waals surface area (Å²) in [5.74, 6) is 1.12. The quantitative estimate of drug-likeness (QED) is 0.353. The summed E-state index contributed by atoms with van der Waals surface area (Å²) in [7, 11) is 1.79. The van der Waals surface area contributed by atoms with Gasteiger partial charge in [0.25, 0.3) is 0 Å². The van der Waals surface area contributed by atoms with E-state index in [0.717, 1.165) is 64.3 Å². The lowest BCUT2D eigenvalue weighted by Gasteiger charge is -2.28. The van der Waals surface area contributed by atoms with Gasteiger partial charge in [0.2, 0.25) is 5.91 Å². The van der Waals surface area contributed by atoms with E-state index < -0.39 is 0 Å². The fourth-order valence-corrected chi connectivity index (χ4v) is 3.46. The molecular weight excluding hydrogens is 419 g/mol. The first-order valence-electron chi connectivity index (χ1n) is 8.96. The number of carbonyl (C=O) groups excluding carboxylic acids is 1. The third-order valence-electron chi connectivity index (χ3n) is 4.95. The molecule has 0 aromatic heterocycles. The molecule has 0 bridgehead atoms. The maximum atomic E-state index is 11.9. The van der Waals surface area contributed by atoms with Crippen molar-refractivity contribution in [2.24, 2.45) is 4.99 Å². The number of nitrogens with zero attached hydrogens (tertiary/aromatic N) is 2. The van der Waals surface area contributed by atoms with Gasteiger partial charge in [-0.05, 0) is 39.0 Å². The zero-order valence-electron chi connectivity index (χ0n) is 15.3. The van der Waals surface area contributed by atoms with Crippen molar-refractivity contribution in [3.63, 3.8) is 0 Å². The summed E-state index contributed by atoms with van der Waals surface area (Å²) in [5, 5.41) is 6.71. The number of carbonyl (C=O) groups is 1. The van der Waals surface area contributed by atoms with Crippen LogP contribution < -0.4 is 10.6 Å². The first-order valence-corrected chi connectivity index (χ1v) is 8.96. The lowest BCUT2D eigenvalue weighted by molar-refractivity contribution is -0.129. The van der Waals surface area contributed by atoms with Crippen LogP contribution in [-0.4, -0.2) is 61.7 Å². The highest BCUT2D eigenvalue weighted by atomic mass is 127. The van der Waals surface area contributed by atoms with E-state index in [1.165, 1.54) is 0 Å². The van der Waals surface area contributed by atoms with Crippen LogP contribution >= 0.6 is 24.0 Å². The molecule has 0 radical (unpaired) electrons. The first kappa shape index (κ1) is 21.5. The molecule has 24 heavy (non-hydrogen) atoms. The number of ether oxygens (including phenoxy) is 1. The average Bonchev–Trinajstić information content (AvgIpc) is 3.16. The molecule has 0 aliphatic carbocycles. The van der Waals surface area contributed by atoms with Crippen molar-refractivity contribution in [3.05, 3.63) is 0 Å². The number of amides is 1. The molecule has 2 aliphatic heterocycles. The van der Waals surface area contributed by atoms with E-state index in [-0.39, 0.29) is 29.6 Å². The van der Waals surface area contributed by atoms with E-state index in [9.17, 15) is 4.79 Å². The first-order chi connectivity index (χ1) is 11.1. The van der Waals surface area contributed by atoms with Gasteiger partial charge in [-0.15, -0.1) is 24.0 Å². The molecule has 2 aliphatic rings. The second-order valence-electron chi connectivity index (χ2n) is 6.80. The Balaban J connectivity index is 0.00000288. The highest BCUT2D eigenvalue weighted by Crippen LogP contribution is 2.23. The van der Waals surface area contributed by atoms with Gasteiger partial charge in [-0.1, -0.05) is 6.92 Å². The zero-order chi connectivity index (χ0) is 16.7. The predicted octanol–water partition coefficient (Wildman–Crippen LogP) is 2.13. The van der Waals surface area contributed by atoms with E-state index in [1.54, 1.807) is 7.05 Å². The molecule has 140 valence electrons. The number of rotatable bonds is 7. The fourth-order valence-electron chi connectivity index (χ4n) is 3.46. The molecule has 6 nitrogen and oxygen atoms in total. The predicted molar refractivity (Wildman–Crippen MR) is 108 cm³/mol. The lowest BCUT2D eigenvalue weighted by Crippen LogP contribution is -2.46. The van der Waals surface area contributed by atoms with Crippen LogP contribution in [0.5, 0.6) is 0 Å². The molecule has 0 saturated carbocycles. The molecule has 0 aromatic carbocycles. The molecule has 2 saturated heterocycles. The second-order valence-corrected chi connectivity index (χ2v) is 6.80. The van der Waals surface area contributed by atoms with E-state index in [1.807, 2.05) is 4.90 Å². The Morgan fingerprint density at radius 2 is 2.21 bits per heavy atom. The molecule has 0 aromatic rings. The Bertz CT molecular complexity index is 425. The Labute approximate surface area is 163 Å². The minimum absolute atomic E-state index is 0. The summed E-state index contributed by atoms with van der Waals surface area (Å²) >= 11 is 0. The largest absolute Gasteiger partial charge is 0.373 e. The van der Waals surface area contributed by atoms with Crippen molar-refractivity contribution >= 4 is 35.8 Å². The summed E-state index contributed by atoms with van der Waals surface area (Å²) in [4.78, 5) is 18.2. The van der Waals surface area contributed by atoms with Gasteiger partial charge in [0.1, 0.15) is 0 Å². The molecule has 7 heteroatoms. The molecule has 2 atom stereocenters. The van der Waals surface area contributed by atoms with Crippen LogP contribution in [0.15, 0.2) is 4.99 Å². The Morgan fingerprint density at radius 3 is 2.75 bits per heavy atom. The van der Waals surface area contributed by atoms with Crippen molar-refractivity contribution < 1.29 is 9.53 Å². The van der Waals surface area contributed by atoms with Crippen molar-refractivity contribution in [2.45, 2.75) is 64.0 Å². The number of hydrogen-bond acceptors (Lipinski definition) is 3. The summed E-state index contributed by atoms with van der Waals surface area (Å²) in [6, 6.07) is 0.339. The molecule has 0 spiro atoms. The van der Waals surface area contributed by atoms with Gasteiger partial charge in [0.05, 0.1) is 5.60 Å². The van der Waals surface area contributed by atoms with Gasteiger partial charge >= 0.3 is 0 Å². The monoisotopic (exact) mass is 452 g/mol. The van der Waals surface area contributed by atoms with Crippen LogP contribution in [0.25, 0.3) is 0 Å². The van der Waals surface area contributed by atoms with Crippen LogP contribution in [0.4, 0.5) is 0 Å². The second kappa shape index (κ2) is 10.4. The molecule has 2 unspecified atom stereocenters. The number of aliphatic imine (C=N–C) groups is 1. The number of guanidine groups is 1. The molecule has 2 rings (SSSR count). The molecule has 2 fully saturated rings. The van der Waals surface area contributed by atoms with Gasteiger partial charge < -0.3 is 20.3 Å². The summed E-state index contributed by atoms with van der Waals surface area (Å²) < 4.78 is 5.79. The van der Waals surface area contributed by atoms with Crippen LogP contribution in [0, 0.1) is 0 Å². The average molecular weight is 452 g/mol. The SMILES string of the molecule is CCC(CCNC(=NC)NCC1(C)CCCO1)N1CCCC1=O.I. The zero-order valence-corrected chi connectivity index (χ0v) is 17.6. The number of hydrogen-bond donors (Lipinski definition) is 2. The molecule has 1 amide bonds. The smallest absolute Gasteiger partial charge is 0.222 e. The van der Waals surface area contributed by atoms with E-state index in [0.29, 0.717) is 18.4 Å². The van der Waals surface area contributed by atoms with E-state index >= 15 is 0 Å². The summed E-state index contributed by atoms with van der Waals surface area (Å²) in [6.07, 6.45) is 5.90. The third kappa shape index (κ3) is 6.06. The molecular formula is C17H33IN4O2. The van der Waals surface area contributed by atoms with Crippen molar-refractivity contribution in [3.8, 4) is 0 Å². The minimum Gasteiger partial charge on any atom is -0.373 e. The van der Waals surface area contributed by atoms with Gasteiger partial charge in [0, 0.05) is 45.8 Å². The van der Waals surface area contributed by atoms with Gasteiger partial charge in [-0.3, -0.25) is 9.79 Å². The maximum Gasteiger partial charge on any atom is 0.222 e. The van der Waals surface area contributed by atoms with Gasteiger partial charge in [0.15, 0.2) is 5.96 Å².